The van der Waals surface area contributed by atoms with Crippen molar-refractivity contribution in [3.8, 4) is 0 Å². The van der Waals surface area contributed by atoms with E-state index in [0.717, 1.165) is 32.1 Å². The quantitative estimate of drug-likeness (QED) is 0.793. The van der Waals surface area contributed by atoms with Crippen LogP contribution in [-0.2, 0) is 14.4 Å². The third kappa shape index (κ3) is 3.02. The fourth-order valence-electron chi connectivity index (χ4n) is 3.16. The first-order valence-corrected chi connectivity index (χ1v) is 7.56. The molecule has 0 aromatic carbocycles. The summed E-state index contributed by atoms with van der Waals surface area (Å²) in [6.07, 6.45) is 5.03. The van der Waals surface area contributed by atoms with Crippen molar-refractivity contribution < 1.29 is 14.4 Å². The molecule has 1 aliphatic heterocycles. The van der Waals surface area contributed by atoms with E-state index in [2.05, 4.69) is 5.32 Å². The van der Waals surface area contributed by atoms with Gasteiger partial charge in [0.15, 0.2) is 0 Å². The number of nitrogens with zero attached hydrogens (tertiary/aromatic N) is 1. The van der Waals surface area contributed by atoms with Crippen LogP contribution in [0.3, 0.4) is 0 Å². The van der Waals surface area contributed by atoms with Crippen LogP contribution in [0.5, 0.6) is 0 Å². The Balaban J connectivity index is 1.97. The first-order chi connectivity index (χ1) is 9.44. The monoisotopic (exact) mass is 280 g/mol. The van der Waals surface area contributed by atoms with Crippen LogP contribution in [0, 0.1) is 11.3 Å². The summed E-state index contributed by atoms with van der Waals surface area (Å²) >= 11 is 0. The molecule has 1 saturated heterocycles. The van der Waals surface area contributed by atoms with Gasteiger partial charge in [-0.15, -0.1) is 0 Å². The number of rotatable bonds is 4. The van der Waals surface area contributed by atoms with Crippen LogP contribution in [0.4, 0.5) is 0 Å². The number of carbonyl (C=O) groups excluding carboxylic acids is 3. The molecule has 1 N–H and O–H groups in total. The van der Waals surface area contributed by atoms with E-state index in [0.29, 0.717) is 18.9 Å². The number of nitrogens with one attached hydrogen (secondary N) is 1. The molecule has 5 nitrogen and oxygen atoms in total. The number of hydrogen-bond donors (Lipinski definition) is 1. The maximum absolute atomic E-state index is 12.5. The van der Waals surface area contributed by atoms with E-state index in [1.165, 1.54) is 4.90 Å². The molecule has 1 saturated carbocycles. The van der Waals surface area contributed by atoms with Crippen molar-refractivity contribution >= 4 is 17.7 Å². The van der Waals surface area contributed by atoms with E-state index in [4.69, 9.17) is 0 Å². The zero-order valence-corrected chi connectivity index (χ0v) is 12.4. The lowest BCUT2D eigenvalue weighted by Gasteiger charge is -2.30. The lowest BCUT2D eigenvalue weighted by Crippen LogP contribution is -2.43. The minimum absolute atomic E-state index is 0.119. The van der Waals surface area contributed by atoms with E-state index in [9.17, 15) is 14.4 Å². The van der Waals surface area contributed by atoms with Crippen molar-refractivity contribution in [1.82, 2.24) is 10.2 Å². The van der Waals surface area contributed by atoms with Gasteiger partial charge >= 0.3 is 0 Å². The summed E-state index contributed by atoms with van der Waals surface area (Å²) in [6.45, 7) is 4.46. The van der Waals surface area contributed by atoms with Crippen LogP contribution < -0.4 is 5.32 Å². The summed E-state index contributed by atoms with van der Waals surface area (Å²) in [5.41, 5.74) is -0.492. The highest BCUT2D eigenvalue weighted by atomic mass is 16.2. The van der Waals surface area contributed by atoms with Gasteiger partial charge in [-0.1, -0.05) is 33.1 Å². The molecule has 0 aromatic rings. The molecular formula is C15H24N2O3. The smallest absolute Gasteiger partial charge is 0.240 e. The van der Waals surface area contributed by atoms with Gasteiger partial charge in [-0.25, -0.2) is 0 Å². The number of likely N-dealkylation sites (tertiary alicyclic amines) is 1. The largest absolute Gasteiger partial charge is 0.354 e. The van der Waals surface area contributed by atoms with Crippen molar-refractivity contribution in [2.24, 2.45) is 11.3 Å². The molecule has 2 aliphatic rings. The van der Waals surface area contributed by atoms with Crippen molar-refractivity contribution in [2.45, 2.75) is 52.4 Å². The Morgan fingerprint density at radius 2 is 1.90 bits per heavy atom. The summed E-state index contributed by atoms with van der Waals surface area (Å²) in [6, 6.07) is 0. The van der Waals surface area contributed by atoms with Crippen LogP contribution in [0.25, 0.3) is 0 Å². The van der Waals surface area contributed by atoms with E-state index in [1.807, 2.05) is 13.8 Å². The van der Waals surface area contributed by atoms with Gasteiger partial charge in [0.05, 0.1) is 5.41 Å². The Morgan fingerprint density at radius 3 is 2.50 bits per heavy atom. The molecule has 1 aliphatic carbocycles. The second-order valence-corrected chi connectivity index (χ2v) is 6.50. The summed E-state index contributed by atoms with van der Waals surface area (Å²) in [4.78, 5) is 37.5. The Kier molecular flexibility index (Phi) is 4.45. The molecule has 0 atom stereocenters. The van der Waals surface area contributed by atoms with Crippen molar-refractivity contribution in [2.75, 3.05) is 13.1 Å². The molecular weight excluding hydrogens is 256 g/mol. The van der Waals surface area contributed by atoms with Crippen LogP contribution in [0.15, 0.2) is 0 Å². The predicted octanol–water partition coefficient (Wildman–Crippen LogP) is 1.47. The summed E-state index contributed by atoms with van der Waals surface area (Å²) < 4.78 is 0. The molecule has 112 valence electrons. The van der Waals surface area contributed by atoms with E-state index in [-0.39, 0.29) is 24.3 Å². The lowest BCUT2D eigenvalue weighted by molar-refractivity contribution is -0.145. The second-order valence-electron chi connectivity index (χ2n) is 6.50. The Hall–Kier alpha value is -1.39. The van der Waals surface area contributed by atoms with Gasteiger partial charge in [0.1, 0.15) is 6.54 Å². The van der Waals surface area contributed by atoms with Gasteiger partial charge < -0.3 is 5.32 Å². The van der Waals surface area contributed by atoms with Crippen molar-refractivity contribution in [1.29, 1.82) is 0 Å². The number of hydrogen-bond acceptors (Lipinski definition) is 3. The average molecular weight is 280 g/mol. The number of amides is 3. The Bertz CT molecular complexity index is 411. The third-order valence-corrected chi connectivity index (χ3v) is 4.31. The van der Waals surface area contributed by atoms with Crippen LogP contribution in [0.2, 0.25) is 0 Å². The highest BCUT2D eigenvalue weighted by molar-refractivity contribution is 6.08. The summed E-state index contributed by atoms with van der Waals surface area (Å²) in [7, 11) is 0. The highest BCUT2D eigenvalue weighted by Crippen LogP contribution is 2.45. The molecule has 1 heterocycles. The summed E-state index contributed by atoms with van der Waals surface area (Å²) in [5.74, 6) is -0.194. The predicted molar refractivity (Wildman–Crippen MR) is 74.7 cm³/mol. The Morgan fingerprint density at radius 1 is 1.25 bits per heavy atom. The van der Waals surface area contributed by atoms with Crippen LogP contribution in [0.1, 0.15) is 52.4 Å². The first kappa shape index (κ1) is 15.0. The van der Waals surface area contributed by atoms with Crippen LogP contribution in [-0.4, -0.2) is 35.7 Å². The molecule has 2 rings (SSSR count). The molecule has 3 amide bonds. The van der Waals surface area contributed by atoms with Gasteiger partial charge in [-0.3, -0.25) is 19.3 Å². The van der Waals surface area contributed by atoms with Gasteiger partial charge in [-0.05, 0) is 18.8 Å². The molecule has 0 unspecified atom stereocenters. The fourth-order valence-corrected chi connectivity index (χ4v) is 3.16. The summed E-state index contributed by atoms with van der Waals surface area (Å²) in [5, 5.41) is 2.76. The molecule has 0 bridgehead atoms. The minimum Gasteiger partial charge on any atom is -0.354 e. The standard InChI is InChI=1S/C15H24N2O3/c1-11(2)9-16-12(18)10-17-13(19)8-15(14(17)20)6-4-3-5-7-15/h11H,3-10H2,1-2H3,(H,16,18). The molecule has 2 fully saturated rings. The molecule has 20 heavy (non-hydrogen) atoms. The average Bonchev–Trinajstić information content (AvgIpc) is 2.62. The van der Waals surface area contributed by atoms with Gasteiger partial charge in [0, 0.05) is 13.0 Å². The normalized spacial score (nSPS) is 21.9. The second kappa shape index (κ2) is 5.94. The van der Waals surface area contributed by atoms with Crippen molar-refractivity contribution in [3.05, 3.63) is 0 Å². The lowest BCUT2D eigenvalue weighted by atomic mass is 9.73. The van der Waals surface area contributed by atoms with Gasteiger partial charge in [0.2, 0.25) is 17.7 Å². The van der Waals surface area contributed by atoms with Crippen molar-refractivity contribution in [3.63, 3.8) is 0 Å². The van der Waals surface area contributed by atoms with E-state index in [1.54, 1.807) is 0 Å². The number of imide groups is 1. The fraction of sp³-hybridized carbons (Fsp3) is 0.800. The number of carbonyl (C=O) groups is 3. The SMILES string of the molecule is CC(C)CNC(=O)CN1C(=O)CC2(CCCCC2)C1=O. The highest BCUT2D eigenvalue weighted by Gasteiger charge is 2.51. The maximum atomic E-state index is 12.5. The van der Waals surface area contributed by atoms with E-state index < -0.39 is 5.41 Å². The zero-order chi connectivity index (χ0) is 14.8. The minimum atomic E-state index is -0.492. The zero-order valence-electron chi connectivity index (χ0n) is 12.4. The molecule has 0 aromatic heterocycles. The topological polar surface area (TPSA) is 66.5 Å². The molecule has 5 heteroatoms. The Labute approximate surface area is 120 Å². The van der Waals surface area contributed by atoms with Gasteiger partial charge in [0.25, 0.3) is 0 Å². The van der Waals surface area contributed by atoms with E-state index >= 15 is 0 Å². The maximum Gasteiger partial charge on any atom is 0.240 e. The molecule has 0 radical (unpaired) electrons. The first-order valence-electron chi connectivity index (χ1n) is 7.56. The van der Waals surface area contributed by atoms with Gasteiger partial charge in [-0.2, -0.15) is 0 Å². The van der Waals surface area contributed by atoms with Crippen LogP contribution >= 0.6 is 0 Å². The third-order valence-electron chi connectivity index (χ3n) is 4.31. The molecule has 1 spiro atoms.